The number of piperazine rings is 1. The van der Waals surface area contributed by atoms with Crippen LogP contribution >= 0.6 is 0 Å². The van der Waals surface area contributed by atoms with Crippen molar-refractivity contribution in [3.8, 4) is 22.8 Å². The Morgan fingerprint density at radius 1 is 1.02 bits per heavy atom. The second-order valence-corrected chi connectivity index (χ2v) is 11.2. The van der Waals surface area contributed by atoms with Crippen molar-refractivity contribution in [3.05, 3.63) is 42.7 Å². The van der Waals surface area contributed by atoms with Crippen molar-refractivity contribution in [2.75, 3.05) is 77.6 Å². The molecule has 2 aliphatic heterocycles. The Labute approximate surface area is 236 Å². The third-order valence-electron chi connectivity index (χ3n) is 7.18. The Kier molecular flexibility index (Phi) is 8.66. The first-order valence-electron chi connectivity index (χ1n) is 14.1. The van der Waals surface area contributed by atoms with Crippen LogP contribution in [0, 0.1) is 0 Å². The lowest BCUT2D eigenvalue weighted by Crippen LogP contribution is -2.50. The van der Waals surface area contributed by atoms with Crippen LogP contribution < -0.4 is 14.4 Å². The van der Waals surface area contributed by atoms with Gasteiger partial charge in [0.15, 0.2) is 0 Å². The Bertz CT molecular complexity index is 1290. The summed E-state index contributed by atoms with van der Waals surface area (Å²) in [5, 5.41) is 0. The molecule has 3 aromatic rings. The topological polar surface area (TPSA) is 81.0 Å². The Hall–Kier alpha value is -3.50. The number of hydrogen-bond donors (Lipinski definition) is 0. The molecule has 1 amide bonds. The minimum Gasteiger partial charge on any atom is -0.497 e. The van der Waals surface area contributed by atoms with E-state index in [2.05, 4.69) is 21.9 Å². The summed E-state index contributed by atoms with van der Waals surface area (Å²) in [5.41, 5.74) is 3.23. The van der Waals surface area contributed by atoms with E-state index in [1.807, 2.05) is 55.8 Å². The molecule has 0 spiro atoms. The summed E-state index contributed by atoms with van der Waals surface area (Å²) in [6.45, 7) is 13.6. The second-order valence-electron chi connectivity index (χ2n) is 11.2. The lowest BCUT2D eigenvalue weighted by molar-refractivity contribution is 0.0240. The standard InChI is InChI=1S/C30H41N5O5/c1-30(2,3)40-29(36)34-13-11-33(12-14-34)23-8-10-35-22-26(31-28(35)20-23)25-7-6-24(37-4)21-27(25)39-17-5-9-32-15-18-38-19-16-32/h6-8,10,20-22H,5,9,11-19H2,1-4H3. The van der Waals surface area contributed by atoms with Crippen LogP contribution in [0.5, 0.6) is 11.5 Å². The fourth-order valence-electron chi connectivity index (χ4n) is 5.03. The minimum absolute atomic E-state index is 0.251. The summed E-state index contributed by atoms with van der Waals surface area (Å²) in [4.78, 5) is 23.9. The number of benzene rings is 1. The first-order valence-corrected chi connectivity index (χ1v) is 14.1. The van der Waals surface area contributed by atoms with E-state index in [1.165, 1.54) is 0 Å². The number of fused-ring (bicyclic) bond motifs is 1. The third-order valence-corrected chi connectivity index (χ3v) is 7.18. The summed E-state index contributed by atoms with van der Waals surface area (Å²) in [7, 11) is 1.66. The molecule has 40 heavy (non-hydrogen) atoms. The number of carbonyl (C=O) groups is 1. The van der Waals surface area contributed by atoms with E-state index in [0.29, 0.717) is 19.7 Å². The zero-order valence-electron chi connectivity index (χ0n) is 24.1. The molecule has 0 aliphatic carbocycles. The average molecular weight is 552 g/mol. The minimum atomic E-state index is -0.491. The smallest absolute Gasteiger partial charge is 0.410 e. The molecule has 216 valence electrons. The molecule has 2 aromatic heterocycles. The van der Waals surface area contributed by atoms with E-state index >= 15 is 0 Å². The maximum absolute atomic E-state index is 12.4. The summed E-state index contributed by atoms with van der Waals surface area (Å²) >= 11 is 0. The number of imidazole rings is 1. The van der Waals surface area contributed by atoms with Gasteiger partial charge in [-0.2, -0.15) is 0 Å². The van der Waals surface area contributed by atoms with Crippen LogP contribution in [-0.2, 0) is 9.47 Å². The van der Waals surface area contributed by atoms with Crippen LogP contribution in [0.25, 0.3) is 16.9 Å². The number of aromatic nitrogens is 2. The van der Waals surface area contributed by atoms with Crippen LogP contribution in [0.4, 0.5) is 10.5 Å². The molecule has 1 aromatic carbocycles. The average Bonchev–Trinajstić information content (AvgIpc) is 3.38. The quantitative estimate of drug-likeness (QED) is 0.386. The van der Waals surface area contributed by atoms with Gasteiger partial charge in [0.1, 0.15) is 22.7 Å². The fraction of sp³-hybridized carbons (Fsp3) is 0.533. The van der Waals surface area contributed by atoms with Gasteiger partial charge in [-0.3, -0.25) is 4.90 Å². The van der Waals surface area contributed by atoms with Crippen LogP contribution in [0.15, 0.2) is 42.7 Å². The van der Waals surface area contributed by atoms with Gasteiger partial charge in [0, 0.05) is 81.6 Å². The molecule has 0 saturated carbocycles. The van der Waals surface area contributed by atoms with Gasteiger partial charge in [0.05, 0.1) is 32.6 Å². The number of ether oxygens (including phenoxy) is 4. The highest BCUT2D eigenvalue weighted by Crippen LogP contribution is 2.34. The lowest BCUT2D eigenvalue weighted by atomic mass is 10.1. The van der Waals surface area contributed by atoms with Crippen molar-refractivity contribution in [1.82, 2.24) is 19.2 Å². The highest BCUT2D eigenvalue weighted by molar-refractivity contribution is 5.72. The SMILES string of the molecule is COc1ccc(-c2cn3ccc(N4CCN(C(=O)OC(C)(C)C)CC4)cc3n2)c(OCCCN2CCOCC2)c1. The molecule has 0 radical (unpaired) electrons. The molecule has 0 unspecified atom stereocenters. The van der Waals surface area contributed by atoms with Gasteiger partial charge >= 0.3 is 6.09 Å². The maximum Gasteiger partial charge on any atom is 0.410 e. The number of amides is 1. The van der Waals surface area contributed by atoms with E-state index in [1.54, 1.807) is 12.0 Å². The van der Waals surface area contributed by atoms with Crippen molar-refractivity contribution in [1.29, 1.82) is 0 Å². The van der Waals surface area contributed by atoms with Crippen molar-refractivity contribution in [3.63, 3.8) is 0 Å². The van der Waals surface area contributed by atoms with Gasteiger partial charge in [0.25, 0.3) is 0 Å². The molecule has 10 nitrogen and oxygen atoms in total. The third kappa shape index (κ3) is 6.98. The molecule has 4 heterocycles. The van der Waals surface area contributed by atoms with Gasteiger partial charge in [-0.15, -0.1) is 0 Å². The van der Waals surface area contributed by atoms with E-state index in [4.69, 9.17) is 23.9 Å². The number of carbonyl (C=O) groups excluding carboxylic acids is 1. The number of nitrogens with zero attached hydrogens (tertiary/aromatic N) is 5. The molecule has 5 rings (SSSR count). The normalized spacial score (nSPS) is 16.8. The van der Waals surface area contributed by atoms with Crippen LogP contribution in [0.2, 0.25) is 0 Å². The summed E-state index contributed by atoms with van der Waals surface area (Å²) < 4.78 is 24.7. The summed E-state index contributed by atoms with van der Waals surface area (Å²) in [5.74, 6) is 1.52. The molecule has 2 saturated heterocycles. The van der Waals surface area contributed by atoms with E-state index in [0.717, 1.165) is 86.4 Å². The fourth-order valence-corrected chi connectivity index (χ4v) is 5.03. The van der Waals surface area contributed by atoms with Crippen molar-refractivity contribution in [2.45, 2.75) is 32.8 Å². The number of pyridine rings is 1. The maximum atomic E-state index is 12.4. The van der Waals surface area contributed by atoms with Gasteiger partial charge < -0.3 is 33.1 Å². The van der Waals surface area contributed by atoms with Crippen molar-refractivity contribution >= 4 is 17.4 Å². The predicted molar refractivity (Wildman–Crippen MR) is 155 cm³/mol. The second kappa shape index (κ2) is 12.3. The Morgan fingerprint density at radius 2 is 1.80 bits per heavy atom. The molecule has 0 N–H and O–H groups in total. The molecular weight excluding hydrogens is 510 g/mol. The number of hydrogen-bond acceptors (Lipinski definition) is 8. The molecular formula is C30H41N5O5. The van der Waals surface area contributed by atoms with E-state index < -0.39 is 5.60 Å². The van der Waals surface area contributed by atoms with Gasteiger partial charge in [-0.05, 0) is 45.4 Å². The van der Waals surface area contributed by atoms with Crippen LogP contribution in [-0.4, -0.2) is 104 Å². The van der Waals surface area contributed by atoms with Gasteiger partial charge in [-0.1, -0.05) is 0 Å². The molecule has 2 aliphatic rings. The molecule has 2 fully saturated rings. The highest BCUT2D eigenvalue weighted by atomic mass is 16.6. The molecule has 0 bridgehead atoms. The van der Waals surface area contributed by atoms with Gasteiger partial charge in [0.2, 0.25) is 0 Å². The van der Waals surface area contributed by atoms with Crippen LogP contribution in [0.3, 0.4) is 0 Å². The highest BCUT2D eigenvalue weighted by Gasteiger charge is 2.26. The zero-order valence-corrected chi connectivity index (χ0v) is 24.1. The van der Waals surface area contributed by atoms with E-state index in [9.17, 15) is 4.79 Å². The summed E-state index contributed by atoms with van der Waals surface area (Å²) in [6, 6.07) is 10.1. The van der Waals surface area contributed by atoms with E-state index in [-0.39, 0.29) is 6.09 Å². The number of morpholine rings is 1. The number of anilines is 1. The van der Waals surface area contributed by atoms with Crippen molar-refractivity contribution in [2.24, 2.45) is 0 Å². The van der Waals surface area contributed by atoms with Crippen molar-refractivity contribution < 1.29 is 23.7 Å². The Balaban J connectivity index is 1.25. The predicted octanol–water partition coefficient (Wildman–Crippen LogP) is 4.17. The molecule has 0 atom stereocenters. The largest absolute Gasteiger partial charge is 0.497 e. The molecule has 10 heteroatoms. The Morgan fingerprint density at radius 3 is 2.52 bits per heavy atom. The first kappa shape index (κ1) is 28.0. The zero-order chi connectivity index (χ0) is 28.1. The number of rotatable bonds is 8. The lowest BCUT2D eigenvalue weighted by Gasteiger charge is -2.36. The number of methoxy groups -OCH3 is 1. The summed E-state index contributed by atoms with van der Waals surface area (Å²) in [6.07, 6.45) is 4.75. The monoisotopic (exact) mass is 551 g/mol. The first-order chi connectivity index (χ1) is 19.3. The van der Waals surface area contributed by atoms with Gasteiger partial charge in [-0.25, -0.2) is 9.78 Å². The van der Waals surface area contributed by atoms with Crippen LogP contribution in [0.1, 0.15) is 27.2 Å².